The highest BCUT2D eigenvalue weighted by atomic mass is 79.9. The van der Waals surface area contributed by atoms with Crippen molar-refractivity contribution in [2.24, 2.45) is 0 Å². The van der Waals surface area contributed by atoms with Gasteiger partial charge in [0.1, 0.15) is 9.34 Å². The summed E-state index contributed by atoms with van der Waals surface area (Å²) < 4.78 is 1.71. The molecular formula is C11H12BrClN2S2. The Morgan fingerprint density at radius 1 is 1.47 bits per heavy atom. The normalized spacial score (nSPS) is 13.0. The van der Waals surface area contributed by atoms with Crippen molar-refractivity contribution in [1.29, 1.82) is 0 Å². The van der Waals surface area contributed by atoms with Gasteiger partial charge in [-0.15, -0.1) is 22.7 Å². The standard InChI is InChI=1S/C11H12BrClN2S2/c1-5(14-3)9-6(2)15-11(17-9)8-4-7(12)10(13)16-8/h4-5,14H,1-3H3. The number of rotatable bonds is 3. The van der Waals surface area contributed by atoms with Crippen LogP contribution >= 0.6 is 50.2 Å². The van der Waals surface area contributed by atoms with Gasteiger partial charge < -0.3 is 5.32 Å². The van der Waals surface area contributed by atoms with E-state index >= 15 is 0 Å². The van der Waals surface area contributed by atoms with Crippen molar-refractivity contribution in [2.45, 2.75) is 19.9 Å². The van der Waals surface area contributed by atoms with E-state index in [9.17, 15) is 0 Å². The molecule has 1 N–H and O–H groups in total. The molecule has 0 spiro atoms. The van der Waals surface area contributed by atoms with Crippen LogP contribution in [0.25, 0.3) is 9.88 Å². The van der Waals surface area contributed by atoms with Crippen LogP contribution < -0.4 is 5.32 Å². The first-order chi connectivity index (χ1) is 8.02. The van der Waals surface area contributed by atoms with Gasteiger partial charge in [-0.25, -0.2) is 4.98 Å². The van der Waals surface area contributed by atoms with Gasteiger partial charge in [0.25, 0.3) is 0 Å². The average Bonchev–Trinajstić information content (AvgIpc) is 2.82. The molecule has 0 radical (unpaired) electrons. The maximum Gasteiger partial charge on any atom is 0.134 e. The summed E-state index contributed by atoms with van der Waals surface area (Å²) in [5, 5.41) is 4.28. The Kier molecular flexibility index (Phi) is 4.26. The fourth-order valence-corrected chi connectivity index (χ4v) is 4.37. The Morgan fingerprint density at radius 2 is 2.18 bits per heavy atom. The number of nitrogens with zero attached hydrogens (tertiary/aromatic N) is 1. The van der Waals surface area contributed by atoms with E-state index in [0.29, 0.717) is 6.04 Å². The summed E-state index contributed by atoms with van der Waals surface area (Å²) >= 11 is 12.8. The van der Waals surface area contributed by atoms with Crippen LogP contribution in [-0.4, -0.2) is 12.0 Å². The molecule has 0 saturated heterocycles. The minimum atomic E-state index is 0.333. The third kappa shape index (κ3) is 2.74. The van der Waals surface area contributed by atoms with Crippen LogP contribution in [0, 0.1) is 6.92 Å². The molecule has 1 unspecified atom stereocenters. The van der Waals surface area contributed by atoms with Crippen LogP contribution in [0.5, 0.6) is 0 Å². The lowest BCUT2D eigenvalue weighted by Crippen LogP contribution is -2.11. The first kappa shape index (κ1) is 13.5. The molecule has 17 heavy (non-hydrogen) atoms. The van der Waals surface area contributed by atoms with Gasteiger partial charge in [-0.1, -0.05) is 11.6 Å². The van der Waals surface area contributed by atoms with Crippen LogP contribution in [0.4, 0.5) is 0 Å². The van der Waals surface area contributed by atoms with Crippen LogP contribution in [0.1, 0.15) is 23.5 Å². The van der Waals surface area contributed by atoms with Gasteiger partial charge in [0.15, 0.2) is 0 Å². The van der Waals surface area contributed by atoms with Crippen molar-refractivity contribution in [3.8, 4) is 9.88 Å². The number of hydrogen-bond donors (Lipinski definition) is 1. The lowest BCUT2D eigenvalue weighted by Gasteiger charge is -2.06. The Morgan fingerprint density at radius 3 is 2.71 bits per heavy atom. The predicted octanol–water partition coefficient (Wildman–Crippen LogP) is 4.88. The summed E-state index contributed by atoms with van der Waals surface area (Å²) in [7, 11) is 1.96. The molecule has 0 aromatic carbocycles. The number of aromatic nitrogens is 1. The van der Waals surface area contributed by atoms with Gasteiger partial charge in [-0.3, -0.25) is 0 Å². The number of thiophene rings is 1. The molecule has 0 fully saturated rings. The zero-order chi connectivity index (χ0) is 12.6. The van der Waals surface area contributed by atoms with Gasteiger partial charge in [0.05, 0.1) is 10.6 Å². The van der Waals surface area contributed by atoms with Gasteiger partial charge in [0.2, 0.25) is 0 Å². The lowest BCUT2D eigenvalue weighted by molar-refractivity contribution is 0.658. The summed E-state index contributed by atoms with van der Waals surface area (Å²) in [6.07, 6.45) is 0. The average molecular weight is 352 g/mol. The quantitative estimate of drug-likeness (QED) is 0.852. The molecule has 2 rings (SSSR count). The van der Waals surface area contributed by atoms with E-state index in [0.717, 1.165) is 24.4 Å². The fraction of sp³-hybridized carbons (Fsp3) is 0.364. The second-order valence-corrected chi connectivity index (χ2v) is 7.25. The molecule has 1 atom stereocenters. The highest BCUT2D eigenvalue weighted by Gasteiger charge is 2.16. The summed E-state index contributed by atoms with van der Waals surface area (Å²) in [6, 6.07) is 2.36. The molecule has 0 saturated carbocycles. The van der Waals surface area contributed by atoms with Gasteiger partial charge in [-0.05, 0) is 42.9 Å². The zero-order valence-corrected chi connectivity index (χ0v) is 13.6. The van der Waals surface area contributed by atoms with Crippen LogP contribution in [-0.2, 0) is 0 Å². The van der Waals surface area contributed by atoms with E-state index in [-0.39, 0.29) is 0 Å². The van der Waals surface area contributed by atoms with Crippen LogP contribution in [0.3, 0.4) is 0 Å². The Balaban J connectivity index is 2.40. The molecule has 2 aromatic heterocycles. The SMILES string of the molecule is CNC(C)c1sc(-c2cc(Br)c(Cl)s2)nc1C. The zero-order valence-electron chi connectivity index (χ0n) is 9.67. The van der Waals surface area contributed by atoms with E-state index in [1.165, 1.54) is 4.88 Å². The maximum atomic E-state index is 6.05. The first-order valence-electron chi connectivity index (χ1n) is 5.12. The summed E-state index contributed by atoms with van der Waals surface area (Å²) in [5.41, 5.74) is 1.09. The highest BCUT2D eigenvalue weighted by Crippen LogP contribution is 2.40. The van der Waals surface area contributed by atoms with Gasteiger partial charge in [-0.2, -0.15) is 0 Å². The number of hydrogen-bond acceptors (Lipinski definition) is 4. The van der Waals surface area contributed by atoms with Crippen molar-refractivity contribution >= 4 is 50.2 Å². The minimum Gasteiger partial charge on any atom is -0.312 e. The molecule has 2 nitrogen and oxygen atoms in total. The Labute approximate surface area is 122 Å². The van der Waals surface area contributed by atoms with E-state index in [1.807, 2.05) is 20.0 Å². The maximum absolute atomic E-state index is 6.05. The largest absolute Gasteiger partial charge is 0.312 e. The molecule has 0 aliphatic carbocycles. The highest BCUT2D eigenvalue weighted by molar-refractivity contribution is 9.10. The summed E-state index contributed by atoms with van der Waals surface area (Å²) in [6.45, 7) is 4.19. The van der Waals surface area contributed by atoms with Crippen molar-refractivity contribution in [1.82, 2.24) is 10.3 Å². The molecule has 6 heteroatoms. The van der Waals surface area contributed by atoms with E-state index < -0.39 is 0 Å². The number of thiazole rings is 1. The second kappa shape index (κ2) is 5.36. The monoisotopic (exact) mass is 350 g/mol. The molecule has 0 bridgehead atoms. The van der Waals surface area contributed by atoms with Gasteiger partial charge in [0, 0.05) is 15.4 Å². The van der Waals surface area contributed by atoms with Crippen LogP contribution in [0.15, 0.2) is 10.5 Å². The smallest absolute Gasteiger partial charge is 0.134 e. The third-order valence-electron chi connectivity index (χ3n) is 2.51. The molecule has 0 aliphatic rings. The Bertz CT molecular complexity index is 516. The number of halogens is 2. The predicted molar refractivity (Wildman–Crippen MR) is 80.3 cm³/mol. The first-order valence-corrected chi connectivity index (χ1v) is 7.93. The van der Waals surface area contributed by atoms with Crippen molar-refractivity contribution < 1.29 is 0 Å². The molecule has 0 amide bonds. The van der Waals surface area contributed by atoms with E-state index in [2.05, 4.69) is 33.2 Å². The van der Waals surface area contributed by atoms with Crippen LogP contribution in [0.2, 0.25) is 4.34 Å². The lowest BCUT2D eigenvalue weighted by atomic mass is 10.2. The third-order valence-corrected chi connectivity index (χ3v) is 6.50. The van der Waals surface area contributed by atoms with Gasteiger partial charge >= 0.3 is 0 Å². The molecular weight excluding hydrogens is 340 g/mol. The second-order valence-electron chi connectivity index (χ2n) is 3.71. The molecule has 2 heterocycles. The number of nitrogens with one attached hydrogen (secondary N) is 1. The van der Waals surface area contributed by atoms with E-state index in [1.54, 1.807) is 22.7 Å². The molecule has 92 valence electrons. The Hall–Kier alpha value is 0.0600. The molecule has 0 aliphatic heterocycles. The number of aryl methyl sites for hydroxylation is 1. The summed E-state index contributed by atoms with van der Waals surface area (Å²) in [4.78, 5) is 7.01. The molecule has 2 aromatic rings. The van der Waals surface area contributed by atoms with Crippen molar-refractivity contribution in [2.75, 3.05) is 7.05 Å². The topological polar surface area (TPSA) is 24.9 Å². The fourth-order valence-electron chi connectivity index (χ4n) is 1.50. The van der Waals surface area contributed by atoms with E-state index in [4.69, 9.17) is 11.6 Å². The van der Waals surface area contributed by atoms with Crippen molar-refractivity contribution in [3.05, 3.63) is 25.4 Å². The van der Waals surface area contributed by atoms with Crippen molar-refractivity contribution in [3.63, 3.8) is 0 Å². The summed E-state index contributed by atoms with van der Waals surface area (Å²) in [5.74, 6) is 0. The minimum absolute atomic E-state index is 0.333.